The van der Waals surface area contributed by atoms with Crippen LogP contribution in [-0.4, -0.2) is 3.42 Å². The first-order valence-electron chi connectivity index (χ1n) is 4.57. The van der Waals surface area contributed by atoms with E-state index in [1.165, 1.54) is 30.9 Å². The topological polar surface area (TPSA) is 0 Å². The standard InChI is InChI=1S/C11H10FI/c12-9-3-1-2-8(4-9)10-5-11(13,6-10)7-10/h1-4H,5-7H2. The summed E-state index contributed by atoms with van der Waals surface area (Å²) in [5, 5.41) is 0. The lowest BCUT2D eigenvalue weighted by molar-refractivity contribution is 0.0218. The second kappa shape index (κ2) is 2.27. The molecule has 0 saturated heterocycles. The minimum Gasteiger partial charge on any atom is -0.207 e. The number of alkyl halides is 1. The molecule has 0 aromatic heterocycles. The van der Waals surface area contributed by atoms with Gasteiger partial charge in [-0.2, -0.15) is 0 Å². The molecular weight excluding hydrogens is 278 g/mol. The van der Waals surface area contributed by atoms with Gasteiger partial charge in [-0.1, -0.05) is 34.7 Å². The summed E-state index contributed by atoms with van der Waals surface area (Å²) in [5.74, 6) is -0.0928. The summed E-state index contributed by atoms with van der Waals surface area (Å²) in [4.78, 5) is 0. The number of rotatable bonds is 1. The minimum atomic E-state index is -0.0928. The van der Waals surface area contributed by atoms with Gasteiger partial charge >= 0.3 is 0 Å². The van der Waals surface area contributed by atoms with Crippen LogP contribution < -0.4 is 0 Å². The quantitative estimate of drug-likeness (QED) is 0.548. The third-order valence-electron chi connectivity index (χ3n) is 3.40. The van der Waals surface area contributed by atoms with E-state index in [1.807, 2.05) is 6.07 Å². The van der Waals surface area contributed by atoms with E-state index in [0.717, 1.165) is 0 Å². The minimum absolute atomic E-state index is 0.0928. The van der Waals surface area contributed by atoms with Crippen molar-refractivity contribution in [1.82, 2.24) is 0 Å². The van der Waals surface area contributed by atoms with Crippen molar-refractivity contribution in [2.75, 3.05) is 0 Å². The first kappa shape index (κ1) is 8.21. The van der Waals surface area contributed by atoms with Gasteiger partial charge in [-0.15, -0.1) is 0 Å². The first-order chi connectivity index (χ1) is 6.12. The SMILES string of the molecule is Fc1cccc(C23CC(I)(C2)C3)c1. The molecule has 1 aromatic carbocycles. The summed E-state index contributed by atoms with van der Waals surface area (Å²) in [6, 6.07) is 7.12. The van der Waals surface area contributed by atoms with Crippen molar-refractivity contribution in [1.29, 1.82) is 0 Å². The maximum Gasteiger partial charge on any atom is 0.123 e. The van der Waals surface area contributed by atoms with Gasteiger partial charge in [-0.05, 0) is 42.4 Å². The average Bonchev–Trinajstić information content (AvgIpc) is 1.97. The van der Waals surface area contributed by atoms with Crippen molar-refractivity contribution >= 4 is 22.6 Å². The van der Waals surface area contributed by atoms with E-state index in [1.54, 1.807) is 6.07 Å². The molecule has 1 aromatic rings. The van der Waals surface area contributed by atoms with Crippen molar-refractivity contribution in [2.45, 2.75) is 28.1 Å². The molecule has 3 aliphatic rings. The molecule has 0 atom stereocenters. The van der Waals surface area contributed by atoms with Gasteiger partial charge in [0.1, 0.15) is 5.82 Å². The molecule has 0 amide bonds. The molecule has 3 fully saturated rings. The van der Waals surface area contributed by atoms with E-state index in [2.05, 4.69) is 28.7 Å². The van der Waals surface area contributed by atoms with Crippen molar-refractivity contribution < 1.29 is 4.39 Å². The summed E-state index contributed by atoms with van der Waals surface area (Å²) in [5.41, 5.74) is 1.58. The predicted octanol–water partition coefficient (Wildman–Crippen LogP) is 3.43. The molecule has 0 nitrogen and oxygen atoms in total. The first-order valence-corrected chi connectivity index (χ1v) is 5.65. The highest BCUT2D eigenvalue weighted by molar-refractivity contribution is 14.1. The van der Waals surface area contributed by atoms with E-state index in [9.17, 15) is 4.39 Å². The highest BCUT2D eigenvalue weighted by Crippen LogP contribution is 2.72. The largest absolute Gasteiger partial charge is 0.207 e. The molecule has 13 heavy (non-hydrogen) atoms. The zero-order valence-electron chi connectivity index (χ0n) is 7.19. The normalized spacial score (nSPS) is 40.8. The van der Waals surface area contributed by atoms with E-state index in [0.29, 0.717) is 8.84 Å². The van der Waals surface area contributed by atoms with Crippen LogP contribution in [0.2, 0.25) is 0 Å². The number of hydrogen-bond acceptors (Lipinski definition) is 0. The Bertz CT molecular complexity index is 352. The molecular formula is C11H10FI. The van der Waals surface area contributed by atoms with E-state index < -0.39 is 0 Å². The average molecular weight is 288 g/mol. The molecule has 2 bridgehead atoms. The van der Waals surface area contributed by atoms with Crippen LogP contribution in [0, 0.1) is 5.82 Å². The Kier molecular flexibility index (Phi) is 1.43. The lowest BCUT2D eigenvalue weighted by Crippen LogP contribution is -2.65. The lowest BCUT2D eigenvalue weighted by atomic mass is 9.42. The number of benzene rings is 1. The molecule has 0 unspecified atom stereocenters. The summed E-state index contributed by atoms with van der Waals surface area (Å²) >= 11 is 2.55. The fourth-order valence-electron chi connectivity index (χ4n) is 2.79. The highest BCUT2D eigenvalue weighted by Gasteiger charge is 2.66. The molecule has 4 rings (SSSR count). The lowest BCUT2D eigenvalue weighted by Gasteiger charge is -2.68. The van der Waals surface area contributed by atoms with E-state index in [-0.39, 0.29) is 5.82 Å². The van der Waals surface area contributed by atoms with E-state index in [4.69, 9.17) is 0 Å². The molecule has 0 spiro atoms. The van der Waals surface area contributed by atoms with Gasteiger partial charge in [-0.3, -0.25) is 0 Å². The van der Waals surface area contributed by atoms with Crippen LogP contribution in [0.15, 0.2) is 24.3 Å². The van der Waals surface area contributed by atoms with Crippen LogP contribution >= 0.6 is 22.6 Å². The molecule has 0 radical (unpaired) electrons. The molecule has 0 heterocycles. The summed E-state index contributed by atoms with van der Waals surface area (Å²) in [6.07, 6.45) is 3.76. The molecule has 0 aliphatic heterocycles. The van der Waals surface area contributed by atoms with Gasteiger partial charge in [0, 0.05) is 3.42 Å². The zero-order valence-corrected chi connectivity index (χ0v) is 9.34. The second-order valence-electron chi connectivity index (χ2n) is 4.47. The van der Waals surface area contributed by atoms with Crippen LogP contribution in [0.25, 0.3) is 0 Å². The van der Waals surface area contributed by atoms with Gasteiger partial charge in [0.2, 0.25) is 0 Å². The van der Waals surface area contributed by atoms with Crippen LogP contribution in [0.1, 0.15) is 24.8 Å². The smallest absolute Gasteiger partial charge is 0.123 e. The second-order valence-corrected chi connectivity index (χ2v) is 6.76. The molecule has 68 valence electrons. The number of halogens is 2. The van der Waals surface area contributed by atoms with Crippen molar-refractivity contribution in [3.05, 3.63) is 35.6 Å². The Hall–Kier alpha value is -0.120. The third-order valence-corrected chi connectivity index (χ3v) is 4.55. The molecule has 3 saturated carbocycles. The maximum atomic E-state index is 13.0. The maximum absolute atomic E-state index is 13.0. The Morgan fingerprint density at radius 2 is 1.92 bits per heavy atom. The monoisotopic (exact) mass is 288 g/mol. The summed E-state index contributed by atoms with van der Waals surface area (Å²) in [6.45, 7) is 0. The molecule has 3 aliphatic carbocycles. The Balaban J connectivity index is 1.95. The fraction of sp³-hybridized carbons (Fsp3) is 0.455. The van der Waals surface area contributed by atoms with Gasteiger partial charge in [-0.25, -0.2) is 4.39 Å². The van der Waals surface area contributed by atoms with Gasteiger partial charge < -0.3 is 0 Å². The van der Waals surface area contributed by atoms with Crippen molar-refractivity contribution in [2.24, 2.45) is 0 Å². The van der Waals surface area contributed by atoms with Gasteiger partial charge in [0.15, 0.2) is 0 Å². The summed E-state index contributed by atoms with van der Waals surface area (Å²) < 4.78 is 13.5. The molecule has 2 heteroatoms. The molecule has 0 N–H and O–H groups in total. The van der Waals surface area contributed by atoms with Gasteiger partial charge in [0.25, 0.3) is 0 Å². The Morgan fingerprint density at radius 1 is 1.23 bits per heavy atom. The summed E-state index contributed by atoms with van der Waals surface area (Å²) in [7, 11) is 0. The Morgan fingerprint density at radius 3 is 2.46 bits per heavy atom. The predicted molar refractivity (Wildman–Crippen MR) is 58.7 cm³/mol. The number of hydrogen-bond donors (Lipinski definition) is 0. The van der Waals surface area contributed by atoms with Crippen LogP contribution in [0.4, 0.5) is 4.39 Å². The van der Waals surface area contributed by atoms with Crippen LogP contribution in [-0.2, 0) is 5.41 Å². The zero-order chi connectivity index (χ0) is 9.10. The van der Waals surface area contributed by atoms with Gasteiger partial charge in [0.05, 0.1) is 0 Å². The Labute approximate surface area is 90.7 Å². The van der Waals surface area contributed by atoms with Crippen molar-refractivity contribution in [3.63, 3.8) is 0 Å². The van der Waals surface area contributed by atoms with Crippen LogP contribution in [0.3, 0.4) is 0 Å². The third kappa shape index (κ3) is 1.01. The van der Waals surface area contributed by atoms with Crippen LogP contribution in [0.5, 0.6) is 0 Å². The fourth-order valence-corrected chi connectivity index (χ4v) is 4.98. The highest BCUT2D eigenvalue weighted by atomic mass is 127. The van der Waals surface area contributed by atoms with E-state index >= 15 is 0 Å². The van der Waals surface area contributed by atoms with Crippen molar-refractivity contribution in [3.8, 4) is 0 Å².